The summed E-state index contributed by atoms with van der Waals surface area (Å²) in [5, 5.41) is 0. The van der Waals surface area contributed by atoms with Crippen molar-refractivity contribution in [2.24, 2.45) is 0 Å². The van der Waals surface area contributed by atoms with E-state index in [0.29, 0.717) is 26.4 Å². The van der Waals surface area contributed by atoms with E-state index in [1.54, 1.807) is 7.11 Å². The second-order valence-electron chi connectivity index (χ2n) is 3.87. The Balaban J connectivity index is 3.93. The van der Waals surface area contributed by atoms with Gasteiger partial charge < -0.3 is 18.0 Å². The molecule has 0 bridgehead atoms. The van der Waals surface area contributed by atoms with Crippen LogP contribution in [-0.4, -0.2) is 42.3 Å². The minimum Gasteiger partial charge on any atom is -0.377 e. The molecule has 0 saturated heterocycles. The van der Waals surface area contributed by atoms with Crippen molar-refractivity contribution in [1.29, 1.82) is 0 Å². The molecule has 0 fully saturated rings. The number of hydrogen-bond acceptors (Lipinski definition) is 4. The molecule has 0 aromatic heterocycles. The first-order chi connectivity index (χ1) is 8.10. The van der Waals surface area contributed by atoms with Crippen LogP contribution in [0.15, 0.2) is 12.2 Å². The van der Waals surface area contributed by atoms with Gasteiger partial charge in [-0.2, -0.15) is 0 Å². The van der Waals surface area contributed by atoms with Crippen molar-refractivity contribution in [2.45, 2.75) is 33.2 Å². The van der Waals surface area contributed by atoms with E-state index in [4.69, 9.17) is 18.0 Å². The molecule has 17 heavy (non-hydrogen) atoms. The van der Waals surface area contributed by atoms with Crippen molar-refractivity contribution >= 4 is 8.80 Å². The Labute approximate surface area is 106 Å². The summed E-state index contributed by atoms with van der Waals surface area (Å²) in [4.78, 5) is 0. The van der Waals surface area contributed by atoms with Crippen LogP contribution in [0, 0.1) is 0 Å². The quantitative estimate of drug-likeness (QED) is 0.326. The molecule has 0 unspecified atom stereocenters. The normalized spacial score (nSPS) is 11.8. The maximum Gasteiger partial charge on any atom is 0.500 e. The van der Waals surface area contributed by atoms with Gasteiger partial charge in [0.1, 0.15) is 0 Å². The molecule has 0 N–H and O–H groups in total. The second kappa shape index (κ2) is 9.79. The molecule has 0 rings (SSSR count). The second-order valence-corrected chi connectivity index (χ2v) is 6.72. The van der Waals surface area contributed by atoms with E-state index >= 15 is 0 Å². The third-order valence-electron chi connectivity index (χ3n) is 2.16. The molecule has 0 heterocycles. The third-order valence-corrected chi connectivity index (χ3v) is 5.20. The fourth-order valence-corrected chi connectivity index (χ4v) is 3.75. The van der Waals surface area contributed by atoms with Gasteiger partial charge in [0, 0.05) is 33.0 Å². The molecule has 0 radical (unpaired) electrons. The number of rotatable bonds is 11. The summed E-state index contributed by atoms with van der Waals surface area (Å²) < 4.78 is 22.3. The zero-order valence-corrected chi connectivity index (χ0v) is 12.6. The molecular weight excluding hydrogens is 236 g/mol. The maximum absolute atomic E-state index is 5.67. The summed E-state index contributed by atoms with van der Waals surface area (Å²) in [6, 6.07) is 0.793. The van der Waals surface area contributed by atoms with E-state index < -0.39 is 8.80 Å². The van der Waals surface area contributed by atoms with Crippen LogP contribution in [0.2, 0.25) is 6.04 Å². The summed E-state index contributed by atoms with van der Waals surface area (Å²) in [6.45, 7) is 12.2. The van der Waals surface area contributed by atoms with Crippen LogP contribution in [-0.2, 0) is 18.0 Å². The minimum absolute atomic E-state index is 0.616. The van der Waals surface area contributed by atoms with E-state index in [9.17, 15) is 0 Å². The summed E-state index contributed by atoms with van der Waals surface area (Å²) in [7, 11) is -0.790. The van der Waals surface area contributed by atoms with Gasteiger partial charge in [0.05, 0.1) is 6.61 Å². The molecule has 5 heteroatoms. The summed E-state index contributed by atoms with van der Waals surface area (Å²) in [6.07, 6.45) is 0.882. The first kappa shape index (κ1) is 16.8. The predicted molar refractivity (Wildman–Crippen MR) is 71.1 cm³/mol. The Kier molecular flexibility index (Phi) is 9.67. The van der Waals surface area contributed by atoms with E-state index in [1.165, 1.54) is 0 Å². The lowest BCUT2D eigenvalue weighted by Crippen LogP contribution is -2.45. The molecule has 0 aliphatic heterocycles. The largest absolute Gasteiger partial charge is 0.500 e. The molecule has 0 saturated carbocycles. The van der Waals surface area contributed by atoms with Gasteiger partial charge in [-0.05, 0) is 27.2 Å². The van der Waals surface area contributed by atoms with E-state index in [1.807, 2.05) is 20.8 Å². The Bertz CT molecular complexity index is 203. The third kappa shape index (κ3) is 7.67. The van der Waals surface area contributed by atoms with Crippen molar-refractivity contribution in [3.05, 3.63) is 12.2 Å². The molecule has 0 amide bonds. The highest BCUT2D eigenvalue weighted by Crippen LogP contribution is 2.17. The summed E-state index contributed by atoms with van der Waals surface area (Å²) in [5.74, 6) is 0. The lowest BCUT2D eigenvalue weighted by atomic mass is 10.4. The van der Waals surface area contributed by atoms with Gasteiger partial charge in [0.15, 0.2) is 0 Å². The van der Waals surface area contributed by atoms with Gasteiger partial charge in [0.25, 0.3) is 0 Å². The summed E-state index contributed by atoms with van der Waals surface area (Å²) in [5.41, 5.74) is 1.04. The van der Waals surface area contributed by atoms with E-state index in [-0.39, 0.29) is 0 Å². The average molecular weight is 262 g/mol. The van der Waals surface area contributed by atoms with Crippen LogP contribution in [0.5, 0.6) is 0 Å². The Morgan fingerprint density at radius 3 is 2.18 bits per heavy atom. The molecule has 102 valence electrons. The topological polar surface area (TPSA) is 36.9 Å². The van der Waals surface area contributed by atoms with Crippen LogP contribution < -0.4 is 0 Å². The van der Waals surface area contributed by atoms with Crippen LogP contribution in [0.25, 0.3) is 0 Å². The smallest absolute Gasteiger partial charge is 0.377 e. The molecule has 0 spiro atoms. The van der Waals surface area contributed by atoms with Crippen LogP contribution >= 0.6 is 0 Å². The SMILES string of the molecule is C=C(C)COCCC[Si](OC)(OCC)OCC. The van der Waals surface area contributed by atoms with Gasteiger partial charge in [-0.25, -0.2) is 0 Å². The van der Waals surface area contributed by atoms with Crippen LogP contribution in [0.1, 0.15) is 27.2 Å². The van der Waals surface area contributed by atoms with Gasteiger partial charge in [-0.1, -0.05) is 12.2 Å². The lowest BCUT2D eigenvalue weighted by Gasteiger charge is -2.27. The monoisotopic (exact) mass is 262 g/mol. The highest BCUT2D eigenvalue weighted by atomic mass is 28.4. The van der Waals surface area contributed by atoms with Crippen molar-refractivity contribution in [1.82, 2.24) is 0 Å². The van der Waals surface area contributed by atoms with Crippen molar-refractivity contribution < 1.29 is 18.0 Å². The summed E-state index contributed by atoms with van der Waals surface area (Å²) >= 11 is 0. The fourth-order valence-electron chi connectivity index (χ4n) is 1.48. The zero-order chi connectivity index (χ0) is 13.1. The maximum atomic E-state index is 5.67. The van der Waals surface area contributed by atoms with Gasteiger partial charge in [-0.15, -0.1) is 0 Å². The predicted octanol–water partition coefficient (Wildman–Crippen LogP) is 2.63. The molecule has 4 nitrogen and oxygen atoms in total. The van der Waals surface area contributed by atoms with E-state index in [0.717, 1.165) is 18.0 Å². The lowest BCUT2D eigenvalue weighted by molar-refractivity contribution is 0.0813. The fraction of sp³-hybridized carbons (Fsp3) is 0.833. The Morgan fingerprint density at radius 1 is 1.18 bits per heavy atom. The van der Waals surface area contributed by atoms with Crippen molar-refractivity contribution in [3.63, 3.8) is 0 Å². The number of ether oxygens (including phenoxy) is 1. The highest BCUT2D eigenvalue weighted by molar-refractivity contribution is 6.60. The zero-order valence-electron chi connectivity index (χ0n) is 11.6. The standard InChI is InChI=1S/C12H26O4Si/c1-6-15-17(13-5,16-7-2)10-8-9-14-11-12(3)4/h3,6-11H2,1-2,4-5H3. The van der Waals surface area contributed by atoms with Crippen LogP contribution in [0.3, 0.4) is 0 Å². The van der Waals surface area contributed by atoms with E-state index in [2.05, 4.69) is 6.58 Å². The van der Waals surface area contributed by atoms with Crippen molar-refractivity contribution in [3.8, 4) is 0 Å². The Hall–Kier alpha value is -0.203. The van der Waals surface area contributed by atoms with Crippen LogP contribution in [0.4, 0.5) is 0 Å². The molecule has 0 aromatic carbocycles. The van der Waals surface area contributed by atoms with Gasteiger partial charge in [0.2, 0.25) is 0 Å². The van der Waals surface area contributed by atoms with Crippen molar-refractivity contribution in [2.75, 3.05) is 33.5 Å². The molecule has 0 atom stereocenters. The first-order valence-corrected chi connectivity index (χ1v) is 8.08. The van der Waals surface area contributed by atoms with Gasteiger partial charge >= 0.3 is 8.80 Å². The number of hydrogen-bond donors (Lipinski definition) is 0. The minimum atomic E-state index is -2.45. The molecular formula is C12H26O4Si. The molecule has 0 aliphatic carbocycles. The highest BCUT2D eigenvalue weighted by Gasteiger charge is 2.38. The first-order valence-electron chi connectivity index (χ1n) is 6.15. The van der Waals surface area contributed by atoms with Gasteiger partial charge in [-0.3, -0.25) is 0 Å². The molecule has 0 aliphatic rings. The Morgan fingerprint density at radius 2 is 1.76 bits per heavy atom. The average Bonchev–Trinajstić information content (AvgIpc) is 2.28. The molecule has 0 aromatic rings.